The molecule has 4 heterocycles. The number of pyridine rings is 2. The lowest BCUT2D eigenvalue weighted by molar-refractivity contribution is 0.205. The summed E-state index contributed by atoms with van der Waals surface area (Å²) >= 11 is 0. The zero-order valence-electron chi connectivity index (χ0n) is 19.9. The average Bonchev–Trinajstić information content (AvgIpc) is 3.30. The van der Waals surface area contributed by atoms with Crippen LogP contribution in [0.5, 0.6) is 5.75 Å². The van der Waals surface area contributed by atoms with E-state index in [9.17, 15) is 0 Å². The van der Waals surface area contributed by atoms with Crippen LogP contribution in [0.25, 0.3) is 44.2 Å². The van der Waals surface area contributed by atoms with E-state index in [1.54, 1.807) is 6.20 Å². The fourth-order valence-electron chi connectivity index (χ4n) is 5.06. The summed E-state index contributed by atoms with van der Waals surface area (Å²) in [6.07, 6.45) is 10.7. The van der Waals surface area contributed by atoms with Gasteiger partial charge in [-0.05, 0) is 85.9 Å². The van der Waals surface area contributed by atoms with Crippen molar-refractivity contribution in [3.05, 3.63) is 79.3 Å². The van der Waals surface area contributed by atoms with Gasteiger partial charge in [-0.3, -0.25) is 9.97 Å². The molecule has 5 heteroatoms. The summed E-state index contributed by atoms with van der Waals surface area (Å²) in [7, 11) is 0. The number of nitrogens with zero attached hydrogens (tertiary/aromatic N) is 3. The van der Waals surface area contributed by atoms with E-state index >= 15 is 0 Å². The molecule has 1 saturated heterocycles. The first kappa shape index (κ1) is 21.8. The summed E-state index contributed by atoms with van der Waals surface area (Å²) in [6, 6.07) is 21.2. The standard InChI is InChI=1S/C30H30N4O/c1-2-14-34(15-3-1)16-5-17-35-25-10-7-22(8-11-25)23-9-12-28-26(18-23)27-19-29(32-21-30(27)33-28)24-6-4-13-31-20-24/h4,6-13,18-21,33H,1-3,5,14-17H2. The molecule has 0 radical (unpaired) electrons. The number of benzene rings is 2. The van der Waals surface area contributed by atoms with Crippen LogP contribution in [-0.4, -0.2) is 46.1 Å². The molecular formula is C30H30N4O. The van der Waals surface area contributed by atoms with E-state index < -0.39 is 0 Å². The number of hydrogen-bond donors (Lipinski definition) is 1. The van der Waals surface area contributed by atoms with Crippen LogP contribution in [0, 0.1) is 0 Å². The molecule has 0 amide bonds. The Balaban J connectivity index is 1.18. The number of H-pyrrole nitrogens is 1. The van der Waals surface area contributed by atoms with Crippen molar-refractivity contribution in [1.82, 2.24) is 19.9 Å². The van der Waals surface area contributed by atoms with Gasteiger partial charge in [0.15, 0.2) is 0 Å². The number of nitrogens with one attached hydrogen (secondary N) is 1. The fraction of sp³-hybridized carbons (Fsp3) is 0.267. The van der Waals surface area contributed by atoms with Gasteiger partial charge < -0.3 is 14.6 Å². The smallest absolute Gasteiger partial charge is 0.119 e. The molecule has 0 atom stereocenters. The molecular weight excluding hydrogens is 432 g/mol. The normalized spacial score (nSPS) is 14.5. The number of piperidine rings is 1. The van der Waals surface area contributed by atoms with Gasteiger partial charge in [0.25, 0.3) is 0 Å². The Morgan fingerprint density at radius 2 is 1.63 bits per heavy atom. The number of rotatable bonds is 7. The van der Waals surface area contributed by atoms with Crippen molar-refractivity contribution in [2.45, 2.75) is 25.7 Å². The molecule has 5 aromatic rings. The third kappa shape index (κ3) is 4.77. The summed E-state index contributed by atoms with van der Waals surface area (Å²) in [5.74, 6) is 0.938. The Hall–Kier alpha value is -3.70. The zero-order chi connectivity index (χ0) is 23.5. The van der Waals surface area contributed by atoms with Gasteiger partial charge in [0.2, 0.25) is 0 Å². The van der Waals surface area contributed by atoms with Gasteiger partial charge in [0, 0.05) is 40.8 Å². The average molecular weight is 463 g/mol. The van der Waals surface area contributed by atoms with Crippen molar-refractivity contribution in [2.75, 3.05) is 26.2 Å². The Morgan fingerprint density at radius 3 is 2.46 bits per heavy atom. The molecule has 0 spiro atoms. The van der Waals surface area contributed by atoms with Gasteiger partial charge in [-0.25, -0.2) is 0 Å². The monoisotopic (exact) mass is 462 g/mol. The van der Waals surface area contributed by atoms with E-state index in [1.807, 2.05) is 24.5 Å². The SMILES string of the molecule is c1cncc(-c2cc3c(cn2)[nH]c2ccc(-c4ccc(OCCCN5CCCCC5)cc4)cc23)c1. The molecule has 6 rings (SSSR count). The van der Waals surface area contributed by atoms with Crippen molar-refractivity contribution < 1.29 is 4.74 Å². The van der Waals surface area contributed by atoms with Crippen LogP contribution in [0.2, 0.25) is 0 Å². The molecule has 1 N–H and O–H groups in total. The molecule has 176 valence electrons. The summed E-state index contributed by atoms with van der Waals surface area (Å²) in [4.78, 5) is 14.9. The first-order valence-corrected chi connectivity index (χ1v) is 12.6. The molecule has 2 aromatic carbocycles. The van der Waals surface area contributed by atoms with Crippen molar-refractivity contribution in [1.29, 1.82) is 0 Å². The highest BCUT2D eigenvalue weighted by atomic mass is 16.5. The quantitative estimate of drug-likeness (QED) is 0.274. The minimum absolute atomic E-state index is 0.768. The van der Waals surface area contributed by atoms with Gasteiger partial charge in [-0.15, -0.1) is 0 Å². The largest absolute Gasteiger partial charge is 0.494 e. The Morgan fingerprint density at radius 1 is 0.800 bits per heavy atom. The minimum atomic E-state index is 0.768. The van der Waals surface area contributed by atoms with E-state index in [0.717, 1.165) is 47.6 Å². The second-order valence-electron chi connectivity index (χ2n) is 9.37. The molecule has 0 aliphatic carbocycles. The van der Waals surface area contributed by atoms with Gasteiger partial charge >= 0.3 is 0 Å². The molecule has 3 aromatic heterocycles. The van der Waals surface area contributed by atoms with Crippen LogP contribution in [0.1, 0.15) is 25.7 Å². The lowest BCUT2D eigenvalue weighted by atomic mass is 10.0. The van der Waals surface area contributed by atoms with Crippen LogP contribution in [0.15, 0.2) is 79.3 Å². The molecule has 1 aliphatic heterocycles. The number of aromatic nitrogens is 3. The van der Waals surface area contributed by atoms with Gasteiger partial charge in [-0.1, -0.05) is 24.6 Å². The molecule has 5 nitrogen and oxygen atoms in total. The number of likely N-dealkylation sites (tertiary alicyclic amines) is 1. The maximum absolute atomic E-state index is 6.01. The lowest BCUT2D eigenvalue weighted by Gasteiger charge is -2.26. The third-order valence-electron chi connectivity index (χ3n) is 6.96. The van der Waals surface area contributed by atoms with E-state index in [4.69, 9.17) is 4.74 Å². The van der Waals surface area contributed by atoms with Crippen molar-refractivity contribution in [2.24, 2.45) is 0 Å². The molecule has 0 unspecified atom stereocenters. The second kappa shape index (κ2) is 9.88. The summed E-state index contributed by atoms with van der Waals surface area (Å²) in [5, 5.41) is 2.37. The van der Waals surface area contributed by atoms with Crippen LogP contribution < -0.4 is 4.74 Å². The second-order valence-corrected chi connectivity index (χ2v) is 9.37. The lowest BCUT2D eigenvalue weighted by Crippen LogP contribution is -2.31. The first-order valence-electron chi connectivity index (χ1n) is 12.6. The van der Waals surface area contributed by atoms with Crippen LogP contribution in [-0.2, 0) is 0 Å². The topological polar surface area (TPSA) is 54.0 Å². The van der Waals surface area contributed by atoms with Gasteiger partial charge in [-0.2, -0.15) is 0 Å². The highest BCUT2D eigenvalue weighted by Gasteiger charge is 2.11. The fourth-order valence-corrected chi connectivity index (χ4v) is 5.06. The number of aromatic amines is 1. The Kier molecular flexibility index (Phi) is 6.16. The molecule has 0 saturated carbocycles. The van der Waals surface area contributed by atoms with Gasteiger partial charge in [0.05, 0.1) is 24.0 Å². The van der Waals surface area contributed by atoms with Crippen LogP contribution in [0.3, 0.4) is 0 Å². The van der Waals surface area contributed by atoms with Crippen LogP contribution >= 0.6 is 0 Å². The predicted molar refractivity (Wildman–Crippen MR) is 143 cm³/mol. The number of hydrogen-bond acceptors (Lipinski definition) is 4. The van der Waals surface area contributed by atoms with Gasteiger partial charge in [0.1, 0.15) is 5.75 Å². The molecule has 1 aliphatic rings. The van der Waals surface area contributed by atoms with E-state index in [0.29, 0.717) is 0 Å². The zero-order valence-corrected chi connectivity index (χ0v) is 19.9. The maximum Gasteiger partial charge on any atom is 0.119 e. The number of ether oxygens (including phenoxy) is 1. The van der Waals surface area contributed by atoms with E-state index in [2.05, 4.69) is 68.4 Å². The highest BCUT2D eigenvalue weighted by molar-refractivity contribution is 6.09. The Labute approximate surface area is 205 Å². The molecule has 1 fully saturated rings. The van der Waals surface area contributed by atoms with E-state index in [1.165, 1.54) is 54.3 Å². The van der Waals surface area contributed by atoms with E-state index in [-0.39, 0.29) is 0 Å². The summed E-state index contributed by atoms with van der Waals surface area (Å²) in [5.41, 5.74) is 6.48. The molecule has 0 bridgehead atoms. The third-order valence-corrected chi connectivity index (χ3v) is 6.96. The predicted octanol–water partition coefficient (Wildman–Crippen LogP) is 6.70. The molecule has 35 heavy (non-hydrogen) atoms. The Bertz CT molecular complexity index is 1420. The number of fused-ring (bicyclic) bond motifs is 3. The van der Waals surface area contributed by atoms with Crippen molar-refractivity contribution >= 4 is 21.8 Å². The highest BCUT2D eigenvalue weighted by Crippen LogP contribution is 2.32. The minimum Gasteiger partial charge on any atom is -0.494 e. The van der Waals surface area contributed by atoms with Crippen LogP contribution in [0.4, 0.5) is 0 Å². The maximum atomic E-state index is 6.01. The summed E-state index contributed by atoms with van der Waals surface area (Å²) in [6.45, 7) is 4.40. The van der Waals surface area contributed by atoms with Crippen molar-refractivity contribution in [3.63, 3.8) is 0 Å². The summed E-state index contributed by atoms with van der Waals surface area (Å²) < 4.78 is 6.01. The first-order chi connectivity index (χ1) is 17.3. The van der Waals surface area contributed by atoms with Crippen molar-refractivity contribution in [3.8, 4) is 28.1 Å².